The second-order valence-electron chi connectivity index (χ2n) is 9.27. The van der Waals surface area contributed by atoms with Gasteiger partial charge in [-0.2, -0.15) is 0 Å². The molecule has 5 rings (SSSR count). The van der Waals surface area contributed by atoms with Crippen LogP contribution in [0.2, 0.25) is 5.02 Å². The Morgan fingerprint density at radius 1 is 1.02 bits per heavy atom. The second-order valence-corrected chi connectivity index (χ2v) is 10.5. The number of carbonyl (C=O) groups is 3. The van der Waals surface area contributed by atoms with Crippen LogP contribution in [0.4, 0.5) is 0 Å². The van der Waals surface area contributed by atoms with E-state index in [2.05, 4.69) is 21.2 Å². The van der Waals surface area contributed by atoms with Crippen LogP contribution in [-0.2, 0) is 17.9 Å². The zero-order valence-electron chi connectivity index (χ0n) is 21.7. The van der Waals surface area contributed by atoms with E-state index in [1.165, 1.54) is 21.1 Å². The summed E-state index contributed by atoms with van der Waals surface area (Å²) >= 11 is 9.52. The summed E-state index contributed by atoms with van der Waals surface area (Å²) in [5.41, 5.74) is 0.831. The molecule has 210 valence electrons. The van der Waals surface area contributed by atoms with Gasteiger partial charge in [0.05, 0.1) is 30.1 Å². The molecule has 3 aromatic carbocycles. The van der Waals surface area contributed by atoms with E-state index in [4.69, 9.17) is 16.3 Å². The molecule has 0 aliphatic carbocycles. The number of hydrogen-bond acceptors (Lipinski definition) is 5. The number of halogens is 2. The van der Waals surface area contributed by atoms with Gasteiger partial charge in [-0.25, -0.2) is 9.59 Å². The molecule has 2 heterocycles. The van der Waals surface area contributed by atoms with Gasteiger partial charge in [-0.15, -0.1) is 0 Å². The van der Waals surface area contributed by atoms with Gasteiger partial charge in [0.25, 0.3) is 11.8 Å². The number of carbonyl (C=O) groups excluding carboxylic acids is 2. The average molecular weight is 640 g/mol. The molecule has 4 aromatic rings. The number of methoxy groups -OCH3 is 1. The van der Waals surface area contributed by atoms with Gasteiger partial charge >= 0.3 is 11.7 Å². The number of nitrogens with one attached hydrogen (secondary N) is 1. The molecule has 0 spiro atoms. The largest absolute Gasteiger partial charge is 0.497 e. The highest BCUT2D eigenvalue weighted by Crippen LogP contribution is 2.27. The van der Waals surface area contributed by atoms with E-state index < -0.39 is 23.6 Å². The number of fused-ring (bicyclic) bond motifs is 1. The number of carboxylic acid groups (broad SMARTS) is 1. The number of aliphatic carboxylic acids is 1. The first-order valence-corrected chi connectivity index (χ1v) is 13.7. The van der Waals surface area contributed by atoms with Crippen molar-refractivity contribution in [2.24, 2.45) is 0 Å². The van der Waals surface area contributed by atoms with Crippen molar-refractivity contribution in [3.63, 3.8) is 0 Å². The topological polar surface area (TPSA) is 123 Å². The Balaban J connectivity index is 1.59. The fourth-order valence-electron chi connectivity index (χ4n) is 4.78. The number of hydrogen-bond donors (Lipinski definition) is 2. The van der Waals surface area contributed by atoms with Crippen molar-refractivity contribution < 1.29 is 24.2 Å². The lowest BCUT2D eigenvalue weighted by Crippen LogP contribution is -2.41. The van der Waals surface area contributed by atoms with E-state index in [1.807, 2.05) is 0 Å². The summed E-state index contributed by atoms with van der Waals surface area (Å²) in [4.78, 5) is 54.6. The number of aromatic nitrogens is 2. The molecule has 0 saturated heterocycles. The van der Waals surface area contributed by atoms with Gasteiger partial charge in [-0.3, -0.25) is 18.7 Å². The van der Waals surface area contributed by atoms with Crippen LogP contribution in [0.1, 0.15) is 38.1 Å². The van der Waals surface area contributed by atoms with Crippen molar-refractivity contribution >= 4 is 45.3 Å². The SMILES string of the molecule is COc1ccc(-n2c(C(=O)N[C@@H](C(=O)O)c3ccccc3)c3n(c2=O)CCN(C(=O)c2ccc(Br)c(Cl)c2)C3)cc1. The molecule has 0 radical (unpaired) electrons. The minimum atomic E-state index is -1.37. The van der Waals surface area contributed by atoms with Crippen molar-refractivity contribution in [2.75, 3.05) is 13.7 Å². The molecule has 1 aliphatic rings. The molecular formula is C29H24BrClN4O6. The van der Waals surface area contributed by atoms with Gasteiger partial charge < -0.3 is 20.1 Å². The summed E-state index contributed by atoms with van der Waals surface area (Å²) in [7, 11) is 1.51. The predicted molar refractivity (Wildman–Crippen MR) is 155 cm³/mol. The maximum Gasteiger partial charge on any atom is 0.333 e. The lowest BCUT2D eigenvalue weighted by molar-refractivity contribution is -0.139. The minimum Gasteiger partial charge on any atom is -0.497 e. The molecule has 1 atom stereocenters. The smallest absolute Gasteiger partial charge is 0.333 e. The maximum atomic E-state index is 13.9. The number of imidazole rings is 1. The van der Waals surface area contributed by atoms with Gasteiger partial charge in [0, 0.05) is 23.1 Å². The molecule has 41 heavy (non-hydrogen) atoms. The Hall–Kier alpha value is -4.35. The normalized spacial score (nSPS) is 13.3. The second kappa shape index (κ2) is 11.6. The van der Waals surface area contributed by atoms with Crippen LogP contribution in [0, 0.1) is 0 Å². The minimum absolute atomic E-state index is 0.0588. The van der Waals surface area contributed by atoms with Crippen LogP contribution < -0.4 is 15.7 Å². The number of benzene rings is 3. The van der Waals surface area contributed by atoms with Gasteiger partial charge in [0.1, 0.15) is 11.4 Å². The van der Waals surface area contributed by atoms with E-state index in [0.717, 1.165) is 0 Å². The van der Waals surface area contributed by atoms with Crippen molar-refractivity contribution in [2.45, 2.75) is 19.1 Å². The molecule has 2 amide bonds. The Labute approximate surface area is 247 Å². The van der Waals surface area contributed by atoms with Crippen LogP contribution in [-0.4, -0.2) is 50.6 Å². The molecule has 1 aromatic heterocycles. The van der Waals surface area contributed by atoms with Crippen LogP contribution >= 0.6 is 27.5 Å². The molecule has 0 fully saturated rings. The summed E-state index contributed by atoms with van der Waals surface area (Å²) in [5.74, 6) is -1.81. The Morgan fingerprint density at radius 3 is 2.37 bits per heavy atom. The molecule has 10 nitrogen and oxygen atoms in total. The molecule has 0 bridgehead atoms. The summed E-state index contributed by atoms with van der Waals surface area (Å²) in [6.07, 6.45) is 0. The fourth-order valence-corrected chi connectivity index (χ4v) is 5.21. The van der Waals surface area contributed by atoms with Gasteiger partial charge in [-0.1, -0.05) is 41.9 Å². The number of ether oxygens (including phenoxy) is 1. The zero-order valence-corrected chi connectivity index (χ0v) is 24.1. The first-order chi connectivity index (χ1) is 19.7. The van der Waals surface area contributed by atoms with Gasteiger partial charge in [-0.05, 0) is 64.0 Å². The first kappa shape index (κ1) is 28.2. The summed E-state index contributed by atoms with van der Waals surface area (Å²) < 4.78 is 8.55. The van der Waals surface area contributed by atoms with E-state index in [0.29, 0.717) is 32.1 Å². The predicted octanol–water partition coefficient (Wildman–Crippen LogP) is 4.28. The van der Waals surface area contributed by atoms with Crippen molar-refractivity contribution in [1.82, 2.24) is 19.4 Å². The summed E-state index contributed by atoms with van der Waals surface area (Å²) in [6, 6.07) is 18.3. The molecular weight excluding hydrogens is 616 g/mol. The third-order valence-corrected chi connectivity index (χ3v) is 8.07. The van der Waals surface area contributed by atoms with Crippen LogP contribution in [0.3, 0.4) is 0 Å². The maximum absolute atomic E-state index is 13.9. The van der Waals surface area contributed by atoms with E-state index in [1.54, 1.807) is 72.8 Å². The van der Waals surface area contributed by atoms with Crippen LogP contribution in [0.25, 0.3) is 5.69 Å². The summed E-state index contributed by atoms with van der Waals surface area (Å²) in [5, 5.41) is 12.9. The molecule has 2 N–H and O–H groups in total. The monoisotopic (exact) mass is 638 g/mol. The number of nitrogens with zero attached hydrogens (tertiary/aromatic N) is 3. The lowest BCUT2D eigenvalue weighted by atomic mass is 10.1. The number of carboxylic acids is 1. The highest BCUT2D eigenvalue weighted by atomic mass is 79.9. The number of amides is 2. The molecule has 0 saturated carbocycles. The van der Waals surface area contributed by atoms with Crippen LogP contribution in [0.15, 0.2) is 82.1 Å². The highest BCUT2D eigenvalue weighted by Gasteiger charge is 2.34. The Bertz CT molecular complexity index is 1700. The summed E-state index contributed by atoms with van der Waals surface area (Å²) in [6.45, 7) is 0.292. The Morgan fingerprint density at radius 2 is 1.73 bits per heavy atom. The third-order valence-electron chi connectivity index (χ3n) is 6.83. The standard InChI is InChI=1S/C29H24BrClN4O6/c1-41-20-10-8-19(9-11-20)35-25(26(36)32-24(28(38)39)17-5-3-2-4-6-17)23-16-33(13-14-34(23)29(35)40)27(37)18-7-12-21(30)22(31)15-18/h2-12,15,24H,13-14,16H2,1H3,(H,32,36)(H,38,39)/t24-/m1/s1. The first-order valence-electron chi connectivity index (χ1n) is 12.5. The molecule has 0 unspecified atom stereocenters. The average Bonchev–Trinajstić information content (AvgIpc) is 3.28. The fraction of sp³-hybridized carbons (Fsp3) is 0.172. The number of rotatable bonds is 7. The van der Waals surface area contributed by atoms with Crippen LogP contribution in [0.5, 0.6) is 5.75 Å². The van der Waals surface area contributed by atoms with Gasteiger partial charge in [0.15, 0.2) is 6.04 Å². The van der Waals surface area contributed by atoms with Crippen molar-refractivity contribution in [3.8, 4) is 11.4 Å². The molecule has 1 aliphatic heterocycles. The lowest BCUT2D eigenvalue weighted by Gasteiger charge is -2.28. The van der Waals surface area contributed by atoms with E-state index in [9.17, 15) is 24.3 Å². The molecule has 12 heteroatoms. The van der Waals surface area contributed by atoms with E-state index >= 15 is 0 Å². The van der Waals surface area contributed by atoms with E-state index in [-0.39, 0.29) is 36.9 Å². The third kappa shape index (κ3) is 5.50. The van der Waals surface area contributed by atoms with Gasteiger partial charge in [0.2, 0.25) is 0 Å². The highest BCUT2D eigenvalue weighted by molar-refractivity contribution is 9.10. The Kier molecular flexibility index (Phi) is 8.00. The van der Waals surface area contributed by atoms with Crippen molar-refractivity contribution in [1.29, 1.82) is 0 Å². The van der Waals surface area contributed by atoms with Crippen molar-refractivity contribution in [3.05, 3.63) is 115 Å². The quantitative estimate of drug-likeness (QED) is 0.311. The zero-order chi connectivity index (χ0) is 29.3.